The molecule has 0 atom stereocenters. The first-order valence-corrected chi connectivity index (χ1v) is 11.6. The Hall–Kier alpha value is -1.71. The zero-order chi connectivity index (χ0) is 19.5. The van der Waals surface area contributed by atoms with E-state index in [9.17, 15) is 0 Å². The lowest BCUT2D eigenvalue weighted by molar-refractivity contribution is 0.172. The number of allylic oxidation sites excluding steroid dienone is 2. The molecule has 1 saturated heterocycles. The van der Waals surface area contributed by atoms with Crippen molar-refractivity contribution in [3.8, 4) is 0 Å². The van der Waals surface area contributed by atoms with Gasteiger partial charge in [-0.15, -0.1) is 12.4 Å². The van der Waals surface area contributed by atoms with Gasteiger partial charge in [0.05, 0.1) is 12.8 Å². The molecule has 2 fully saturated rings. The molecule has 5 rings (SSSR count). The number of piperazine rings is 1. The number of para-hydroxylation sites is 1. The number of furan rings is 1. The highest BCUT2D eigenvalue weighted by molar-refractivity contribution is 5.85. The molecule has 1 aromatic carbocycles. The first kappa shape index (κ1) is 21.5. The highest BCUT2D eigenvalue weighted by Crippen LogP contribution is 2.49. The van der Waals surface area contributed by atoms with Crippen LogP contribution < -0.4 is 4.90 Å². The van der Waals surface area contributed by atoms with E-state index in [1.165, 1.54) is 62.6 Å². The summed E-state index contributed by atoms with van der Waals surface area (Å²) in [4.78, 5) is 5.10. The Labute approximate surface area is 187 Å². The maximum atomic E-state index is 5.53. The summed E-state index contributed by atoms with van der Waals surface area (Å²) in [6.07, 6.45) is 15.6. The van der Waals surface area contributed by atoms with Crippen LogP contribution in [0.1, 0.15) is 62.7 Å². The number of benzene rings is 1. The normalized spacial score (nSPS) is 21.9. The van der Waals surface area contributed by atoms with E-state index in [0.717, 1.165) is 38.5 Å². The van der Waals surface area contributed by atoms with Crippen LogP contribution in [0, 0.1) is 5.41 Å². The lowest BCUT2D eigenvalue weighted by atomic mass is 9.65. The van der Waals surface area contributed by atoms with Gasteiger partial charge < -0.3 is 9.32 Å². The van der Waals surface area contributed by atoms with Crippen molar-refractivity contribution in [2.75, 3.05) is 31.1 Å². The third kappa shape index (κ3) is 4.63. The number of hydrogen-bond donors (Lipinski definition) is 0. The fraction of sp³-hybridized carbons (Fsp3) is 0.538. The van der Waals surface area contributed by atoms with E-state index >= 15 is 0 Å². The highest BCUT2D eigenvalue weighted by Gasteiger charge is 2.34. The predicted octanol–water partition coefficient (Wildman–Crippen LogP) is 6.54. The maximum Gasteiger partial charge on any atom is 0.117 e. The minimum Gasteiger partial charge on any atom is -0.468 e. The van der Waals surface area contributed by atoms with E-state index in [-0.39, 0.29) is 12.4 Å². The molecule has 1 aliphatic heterocycles. The van der Waals surface area contributed by atoms with Crippen LogP contribution in [0.5, 0.6) is 0 Å². The lowest BCUT2D eigenvalue weighted by Gasteiger charge is -2.41. The first-order valence-electron chi connectivity index (χ1n) is 11.6. The molecule has 162 valence electrons. The van der Waals surface area contributed by atoms with Gasteiger partial charge in [-0.25, -0.2) is 0 Å². The van der Waals surface area contributed by atoms with Crippen LogP contribution in [0.2, 0.25) is 0 Å². The van der Waals surface area contributed by atoms with Gasteiger partial charge in [-0.1, -0.05) is 43.5 Å². The molecule has 1 spiro atoms. The molecule has 2 aliphatic carbocycles. The Morgan fingerprint density at radius 1 is 0.867 bits per heavy atom. The molecule has 1 aromatic heterocycles. The van der Waals surface area contributed by atoms with E-state index in [4.69, 9.17) is 4.42 Å². The van der Waals surface area contributed by atoms with Crippen molar-refractivity contribution in [3.05, 3.63) is 60.1 Å². The van der Waals surface area contributed by atoms with E-state index in [2.05, 4.69) is 46.2 Å². The molecule has 0 unspecified atom stereocenters. The zero-order valence-electron chi connectivity index (χ0n) is 18.0. The molecule has 0 N–H and O–H groups in total. The van der Waals surface area contributed by atoms with E-state index in [1.807, 2.05) is 6.07 Å². The number of nitrogens with zero attached hydrogens (tertiary/aromatic N) is 2. The van der Waals surface area contributed by atoms with Crippen molar-refractivity contribution in [1.29, 1.82) is 0 Å². The monoisotopic (exact) mass is 426 g/mol. The number of halogens is 1. The molecule has 2 heterocycles. The van der Waals surface area contributed by atoms with Crippen LogP contribution in [0.25, 0.3) is 5.57 Å². The van der Waals surface area contributed by atoms with Gasteiger partial charge in [0.2, 0.25) is 0 Å². The molecule has 30 heavy (non-hydrogen) atoms. The van der Waals surface area contributed by atoms with Gasteiger partial charge in [-0.05, 0) is 61.3 Å². The van der Waals surface area contributed by atoms with Crippen molar-refractivity contribution in [2.45, 2.75) is 57.9 Å². The van der Waals surface area contributed by atoms with Gasteiger partial charge in [-0.3, -0.25) is 4.90 Å². The molecule has 2 aromatic rings. The predicted molar refractivity (Wildman–Crippen MR) is 127 cm³/mol. The molecule has 0 amide bonds. The third-order valence-electron chi connectivity index (χ3n) is 7.54. The third-order valence-corrected chi connectivity index (χ3v) is 7.54. The van der Waals surface area contributed by atoms with Crippen LogP contribution in [-0.2, 0) is 6.54 Å². The SMILES string of the molecule is C1=C(c2ccccc2N2CCN(Cc3ccco3)CC2)CCC2(C1)CCCCC2.Cl. The van der Waals surface area contributed by atoms with Crippen LogP contribution >= 0.6 is 12.4 Å². The second kappa shape index (κ2) is 9.62. The summed E-state index contributed by atoms with van der Waals surface area (Å²) in [5.41, 5.74) is 5.15. The molecule has 3 aliphatic rings. The summed E-state index contributed by atoms with van der Waals surface area (Å²) in [6, 6.07) is 13.2. The quantitative estimate of drug-likeness (QED) is 0.553. The van der Waals surface area contributed by atoms with Crippen molar-refractivity contribution < 1.29 is 4.42 Å². The summed E-state index contributed by atoms with van der Waals surface area (Å²) in [5.74, 6) is 1.07. The average molecular weight is 427 g/mol. The largest absolute Gasteiger partial charge is 0.468 e. The van der Waals surface area contributed by atoms with Gasteiger partial charge in [0, 0.05) is 37.4 Å². The second-order valence-corrected chi connectivity index (χ2v) is 9.35. The van der Waals surface area contributed by atoms with Gasteiger partial charge in [0.1, 0.15) is 5.76 Å². The Morgan fingerprint density at radius 3 is 2.37 bits per heavy atom. The molecule has 0 bridgehead atoms. The summed E-state index contributed by atoms with van der Waals surface area (Å²) >= 11 is 0. The van der Waals surface area contributed by atoms with Gasteiger partial charge >= 0.3 is 0 Å². The Morgan fingerprint density at radius 2 is 1.67 bits per heavy atom. The van der Waals surface area contributed by atoms with Crippen molar-refractivity contribution in [1.82, 2.24) is 4.90 Å². The van der Waals surface area contributed by atoms with Gasteiger partial charge in [-0.2, -0.15) is 0 Å². The van der Waals surface area contributed by atoms with Crippen LogP contribution in [0.15, 0.2) is 53.2 Å². The first-order chi connectivity index (χ1) is 14.3. The molecule has 3 nitrogen and oxygen atoms in total. The molecule has 4 heteroatoms. The van der Waals surface area contributed by atoms with Crippen LogP contribution in [0.3, 0.4) is 0 Å². The van der Waals surface area contributed by atoms with E-state index in [0.29, 0.717) is 5.41 Å². The maximum absolute atomic E-state index is 5.53. The fourth-order valence-electron chi connectivity index (χ4n) is 5.73. The minimum absolute atomic E-state index is 0. The Balaban J connectivity index is 0.00000218. The smallest absolute Gasteiger partial charge is 0.117 e. The number of anilines is 1. The van der Waals surface area contributed by atoms with Crippen LogP contribution in [0.4, 0.5) is 5.69 Å². The number of hydrogen-bond acceptors (Lipinski definition) is 3. The Kier molecular flexibility index (Phi) is 6.90. The second-order valence-electron chi connectivity index (χ2n) is 9.35. The standard InChI is InChI=1S/C26H34N2O.ClH/c1-4-12-26(13-5-1)14-10-22(11-15-26)24-8-2-3-9-25(24)28-18-16-27(17-19-28)21-23-7-6-20-29-23;/h2-3,6-10,20H,1,4-5,11-19,21H2;1H. The summed E-state index contributed by atoms with van der Waals surface area (Å²) in [7, 11) is 0. The van der Waals surface area contributed by atoms with E-state index in [1.54, 1.807) is 11.8 Å². The summed E-state index contributed by atoms with van der Waals surface area (Å²) < 4.78 is 5.53. The summed E-state index contributed by atoms with van der Waals surface area (Å²) in [6.45, 7) is 5.30. The topological polar surface area (TPSA) is 19.6 Å². The average Bonchev–Trinajstić information content (AvgIpc) is 3.29. The van der Waals surface area contributed by atoms with Gasteiger partial charge in [0.25, 0.3) is 0 Å². The molecule has 1 saturated carbocycles. The van der Waals surface area contributed by atoms with Crippen molar-refractivity contribution >= 4 is 23.7 Å². The Bertz CT molecular complexity index is 830. The van der Waals surface area contributed by atoms with Crippen molar-refractivity contribution in [3.63, 3.8) is 0 Å². The molecule has 0 radical (unpaired) electrons. The van der Waals surface area contributed by atoms with E-state index < -0.39 is 0 Å². The fourth-order valence-corrected chi connectivity index (χ4v) is 5.73. The van der Waals surface area contributed by atoms with Gasteiger partial charge in [0.15, 0.2) is 0 Å². The summed E-state index contributed by atoms with van der Waals surface area (Å²) in [5, 5.41) is 0. The molecular formula is C26H35ClN2O. The van der Waals surface area contributed by atoms with Crippen molar-refractivity contribution in [2.24, 2.45) is 5.41 Å². The highest BCUT2D eigenvalue weighted by atomic mass is 35.5. The lowest BCUT2D eigenvalue weighted by Crippen LogP contribution is -2.46. The number of rotatable bonds is 4. The zero-order valence-corrected chi connectivity index (χ0v) is 18.8. The molecular weight excluding hydrogens is 392 g/mol. The minimum atomic E-state index is 0. The van der Waals surface area contributed by atoms with Crippen LogP contribution in [-0.4, -0.2) is 31.1 Å².